The number of thiophene rings is 1. The molecule has 2 aromatic rings. The molecule has 0 saturated carbocycles. The molecule has 1 atom stereocenters. The molecule has 0 aromatic carbocycles. The molecule has 3 heterocycles. The van der Waals surface area contributed by atoms with Crippen LogP contribution in [0.4, 0.5) is 0 Å². The van der Waals surface area contributed by atoms with Gasteiger partial charge in [-0.2, -0.15) is 0 Å². The van der Waals surface area contributed by atoms with E-state index in [-0.39, 0.29) is 5.91 Å². The van der Waals surface area contributed by atoms with Crippen LogP contribution in [-0.2, 0) is 11.3 Å². The summed E-state index contributed by atoms with van der Waals surface area (Å²) in [5, 5.41) is 5.06. The van der Waals surface area contributed by atoms with Crippen molar-refractivity contribution in [1.82, 2.24) is 15.2 Å². The van der Waals surface area contributed by atoms with Crippen molar-refractivity contribution in [2.75, 3.05) is 33.4 Å². The first kappa shape index (κ1) is 17.2. The summed E-state index contributed by atoms with van der Waals surface area (Å²) in [6.07, 6.45) is 4.16. The third-order valence-electron chi connectivity index (χ3n) is 4.55. The van der Waals surface area contributed by atoms with E-state index in [0.717, 1.165) is 50.3 Å². The normalized spacial score (nSPS) is 18.6. The Kier molecular flexibility index (Phi) is 6.07. The second-order valence-electron chi connectivity index (χ2n) is 6.20. The van der Waals surface area contributed by atoms with E-state index < -0.39 is 0 Å². The van der Waals surface area contributed by atoms with Gasteiger partial charge < -0.3 is 19.9 Å². The van der Waals surface area contributed by atoms with Crippen LogP contribution in [0.3, 0.4) is 0 Å². The topological polar surface area (TPSA) is 57.4 Å². The van der Waals surface area contributed by atoms with Crippen molar-refractivity contribution in [3.05, 3.63) is 45.9 Å². The number of methoxy groups -OCH3 is 1. The highest BCUT2D eigenvalue weighted by molar-refractivity contribution is 7.09. The molecule has 0 spiro atoms. The molecule has 0 radical (unpaired) electrons. The van der Waals surface area contributed by atoms with Gasteiger partial charge in [-0.3, -0.25) is 4.79 Å². The Labute approximate surface area is 147 Å². The van der Waals surface area contributed by atoms with Crippen molar-refractivity contribution in [3.8, 4) is 0 Å². The number of H-pyrrole nitrogens is 1. The van der Waals surface area contributed by atoms with E-state index in [1.165, 1.54) is 4.88 Å². The van der Waals surface area contributed by atoms with Crippen molar-refractivity contribution in [1.29, 1.82) is 0 Å². The highest BCUT2D eigenvalue weighted by Crippen LogP contribution is 2.28. The van der Waals surface area contributed by atoms with Gasteiger partial charge in [0.05, 0.1) is 18.7 Å². The van der Waals surface area contributed by atoms with Crippen LogP contribution in [0.25, 0.3) is 0 Å². The number of carbonyl (C=O) groups is 1. The maximum absolute atomic E-state index is 12.6. The minimum absolute atomic E-state index is 0.00802. The summed E-state index contributed by atoms with van der Waals surface area (Å²) < 4.78 is 5.19. The van der Waals surface area contributed by atoms with Gasteiger partial charge in [-0.15, -0.1) is 11.3 Å². The fourth-order valence-corrected chi connectivity index (χ4v) is 3.95. The van der Waals surface area contributed by atoms with Gasteiger partial charge in [-0.25, -0.2) is 0 Å². The van der Waals surface area contributed by atoms with Crippen molar-refractivity contribution in [2.45, 2.75) is 25.3 Å². The maximum atomic E-state index is 12.6. The summed E-state index contributed by atoms with van der Waals surface area (Å²) in [7, 11) is 1.74. The standard InChI is InChI=1S/C18H25N3O2S/c1-23-10-9-21-8-2-4-14(13-21)17-16(6-7-19-17)18(22)20-12-15-5-3-11-24-15/h3,5-7,11,14,19H,2,4,8-10,12-13H2,1H3,(H,20,22). The van der Waals surface area contributed by atoms with Gasteiger partial charge in [-0.1, -0.05) is 6.07 Å². The smallest absolute Gasteiger partial charge is 0.253 e. The van der Waals surface area contributed by atoms with Crippen LogP contribution in [0.1, 0.15) is 39.7 Å². The summed E-state index contributed by atoms with van der Waals surface area (Å²) in [6, 6.07) is 5.94. The highest BCUT2D eigenvalue weighted by atomic mass is 32.1. The molecule has 1 amide bonds. The van der Waals surface area contributed by atoms with Gasteiger partial charge in [0.25, 0.3) is 5.91 Å². The lowest BCUT2D eigenvalue weighted by molar-refractivity contribution is 0.0947. The van der Waals surface area contributed by atoms with Crippen LogP contribution in [0.5, 0.6) is 0 Å². The van der Waals surface area contributed by atoms with Crippen molar-refractivity contribution < 1.29 is 9.53 Å². The molecule has 1 unspecified atom stereocenters. The maximum Gasteiger partial charge on any atom is 0.253 e. The lowest BCUT2D eigenvalue weighted by Gasteiger charge is -2.32. The number of nitrogens with one attached hydrogen (secondary N) is 2. The number of carbonyl (C=O) groups excluding carboxylic acids is 1. The fraction of sp³-hybridized carbons (Fsp3) is 0.500. The molecule has 2 N–H and O–H groups in total. The van der Waals surface area contributed by atoms with Crippen molar-refractivity contribution >= 4 is 17.2 Å². The number of amides is 1. The van der Waals surface area contributed by atoms with Gasteiger partial charge in [-0.05, 0) is 36.9 Å². The SMILES string of the molecule is COCCN1CCCC(c2[nH]ccc2C(=O)NCc2cccs2)C1. The summed E-state index contributed by atoms with van der Waals surface area (Å²) in [5.41, 5.74) is 1.85. The van der Waals surface area contributed by atoms with Crippen molar-refractivity contribution in [3.63, 3.8) is 0 Å². The number of likely N-dealkylation sites (tertiary alicyclic amines) is 1. The molecule has 130 valence electrons. The predicted octanol–water partition coefficient (Wildman–Crippen LogP) is 2.83. The van der Waals surface area contributed by atoms with Crippen LogP contribution < -0.4 is 5.32 Å². The molecule has 2 aromatic heterocycles. The van der Waals surface area contributed by atoms with Gasteiger partial charge >= 0.3 is 0 Å². The number of ether oxygens (including phenoxy) is 1. The second-order valence-corrected chi connectivity index (χ2v) is 7.23. The van der Waals surface area contributed by atoms with Crippen molar-refractivity contribution in [2.24, 2.45) is 0 Å². The number of aromatic amines is 1. The number of hydrogen-bond acceptors (Lipinski definition) is 4. The Morgan fingerprint density at radius 2 is 2.42 bits per heavy atom. The van der Waals surface area contributed by atoms with E-state index in [2.05, 4.69) is 15.2 Å². The van der Waals surface area contributed by atoms with Gasteiger partial charge in [0.15, 0.2) is 0 Å². The zero-order valence-corrected chi connectivity index (χ0v) is 14.9. The third-order valence-corrected chi connectivity index (χ3v) is 5.43. The molecule has 24 heavy (non-hydrogen) atoms. The minimum Gasteiger partial charge on any atom is -0.383 e. The molecule has 5 nitrogen and oxygen atoms in total. The molecule has 1 aliphatic heterocycles. The van der Waals surface area contributed by atoms with E-state index in [1.807, 2.05) is 29.8 Å². The van der Waals surface area contributed by atoms with Crippen LogP contribution in [0.15, 0.2) is 29.8 Å². The van der Waals surface area contributed by atoms with Crippen LogP contribution >= 0.6 is 11.3 Å². The van der Waals surface area contributed by atoms with Crippen LogP contribution in [0, 0.1) is 0 Å². The van der Waals surface area contributed by atoms with Gasteiger partial charge in [0.2, 0.25) is 0 Å². The van der Waals surface area contributed by atoms with Gasteiger partial charge in [0.1, 0.15) is 0 Å². The number of piperidine rings is 1. The van der Waals surface area contributed by atoms with E-state index in [1.54, 1.807) is 18.4 Å². The first-order valence-electron chi connectivity index (χ1n) is 8.47. The lowest BCUT2D eigenvalue weighted by atomic mass is 9.92. The molecular formula is C18H25N3O2S. The average molecular weight is 347 g/mol. The third kappa shape index (κ3) is 4.26. The molecule has 6 heteroatoms. The Morgan fingerprint density at radius 1 is 1.50 bits per heavy atom. The van der Waals surface area contributed by atoms with E-state index >= 15 is 0 Å². The molecule has 1 aliphatic rings. The Balaban J connectivity index is 1.62. The molecular weight excluding hydrogens is 322 g/mol. The predicted molar refractivity (Wildman–Crippen MR) is 96.6 cm³/mol. The van der Waals surface area contributed by atoms with Crippen LogP contribution in [0.2, 0.25) is 0 Å². The summed E-state index contributed by atoms with van der Waals surface area (Å²) in [4.78, 5) is 19.5. The van der Waals surface area contributed by atoms with E-state index in [0.29, 0.717) is 12.5 Å². The monoisotopic (exact) mass is 347 g/mol. The minimum atomic E-state index is 0.00802. The molecule has 1 saturated heterocycles. The Hall–Kier alpha value is -1.63. The Morgan fingerprint density at radius 3 is 3.21 bits per heavy atom. The summed E-state index contributed by atoms with van der Waals surface area (Å²) >= 11 is 1.66. The average Bonchev–Trinajstić information content (AvgIpc) is 3.29. The van der Waals surface area contributed by atoms with E-state index in [9.17, 15) is 4.79 Å². The number of nitrogens with zero attached hydrogens (tertiary/aromatic N) is 1. The van der Waals surface area contributed by atoms with E-state index in [4.69, 9.17) is 4.74 Å². The summed E-state index contributed by atoms with van der Waals surface area (Å²) in [6.45, 7) is 4.39. The number of aromatic nitrogens is 1. The fourth-order valence-electron chi connectivity index (χ4n) is 3.31. The highest BCUT2D eigenvalue weighted by Gasteiger charge is 2.25. The molecule has 0 aliphatic carbocycles. The van der Waals surface area contributed by atoms with Gasteiger partial charge in [0, 0.05) is 42.9 Å². The molecule has 3 rings (SSSR count). The number of rotatable bonds is 7. The first-order chi connectivity index (χ1) is 11.8. The molecule has 1 fully saturated rings. The Bertz CT molecular complexity index is 638. The second kappa shape index (κ2) is 8.46. The van der Waals surface area contributed by atoms with Crippen LogP contribution in [-0.4, -0.2) is 49.1 Å². The number of hydrogen-bond donors (Lipinski definition) is 2. The lowest BCUT2D eigenvalue weighted by Crippen LogP contribution is -2.37. The molecule has 0 bridgehead atoms. The first-order valence-corrected chi connectivity index (χ1v) is 9.35. The summed E-state index contributed by atoms with van der Waals surface area (Å²) in [5.74, 6) is 0.391. The zero-order valence-electron chi connectivity index (χ0n) is 14.1. The quantitative estimate of drug-likeness (QED) is 0.810. The largest absolute Gasteiger partial charge is 0.383 e. The zero-order chi connectivity index (χ0) is 16.8.